The fourth-order valence-electron chi connectivity index (χ4n) is 2.11. The minimum absolute atomic E-state index is 0.0934. The van der Waals surface area contributed by atoms with Gasteiger partial charge in [0, 0.05) is 6.54 Å². The van der Waals surface area contributed by atoms with Crippen molar-refractivity contribution in [3.63, 3.8) is 0 Å². The number of hydrogen-bond donors (Lipinski definition) is 2. The summed E-state index contributed by atoms with van der Waals surface area (Å²) >= 11 is 4.25. The predicted octanol–water partition coefficient (Wildman–Crippen LogP) is 3.30. The van der Waals surface area contributed by atoms with Crippen LogP contribution in [0.5, 0.6) is 0 Å². The Morgan fingerprint density at radius 3 is 2.48 bits per heavy atom. The largest absolute Gasteiger partial charge is 0.337 e. The molecule has 2 N–H and O–H groups in total. The molecule has 0 unspecified atom stereocenters. The molecule has 0 saturated carbocycles. The highest BCUT2D eigenvalue weighted by atomic mass is 79.9. The van der Waals surface area contributed by atoms with Gasteiger partial charge in [0.15, 0.2) is 0 Å². The summed E-state index contributed by atoms with van der Waals surface area (Å²) in [7, 11) is -3.82. The van der Waals surface area contributed by atoms with Gasteiger partial charge in [-0.05, 0) is 52.0 Å². The summed E-state index contributed by atoms with van der Waals surface area (Å²) in [6.07, 6.45) is 1.58. The minimum atomic E-state index is -3.82. The van der Waals surface area contributed by atoms with Crippen LogP contribution in [0.1, 0.15) is 18.1 Å². The molecule has 2 rings (SSSR count). The minimum Gasteiger partial charge on any atom is -0.337 e. The summed E-state index contributed by atoms with van der Waals surface area (Å²) in [5.74, 6) is 0. The zero-order chi connectivity index (χ0) is 16.9. The van der Waals surface area contributed by atoms with Gasteiger partial charge in [-0.1, -0.05) is 31.2 Å². The number of aryl methyl sites for hydroxylation is 1. The molecule has 1 heterocycles. The van der Waals surface area contributed by atoms with Crippen LogP contribution in [0.25, 0.3) is 0 Å². The van der Waals surface area contributed by atoms with E-state index < -0.39 is 16.1 Å². The first kappa shape index (κ1) is 18.0. The number of thiophene rings is 1. The van der Waals surface area contributed by atoms with Gasteiger partial charge < -0.3 is 5.32 Å². The summed E-state index contributed by atoms with van der Waals surface area (Å²) in [5.41, 5.74) is 2.38. The topological polar surface area (TPSA) is 75.3 Å². The summed E-state index contributed by atoms with van der Waals surface area (Å²) in [6, 6.07) is 10.3. The second kappa shape index (κ2) is 7.94. The van der Waals surface area contributed by atoms with Crippen LogP contribution >= 0.6 is 27.3 Å². The molecule has 0 aliphatic rings. The molecule has 0 spiro atoms. The molecule has 23 heavy (non-hydrogen) atoms. The number of hydrogen-bond acceptors (Lipinski definition) is 4. The Morgan fingerprint density at radius 2 is 1.87 bits per heavy atom. The predicted molar refractivity (Wildman–Crippen MR) is 95.3 cm³/mol. The van der Waals surface area contributed by atoms with Crippen molar-refractivity contribution in [2.75, 3.05) is 6.54 Å². The first-order chi connectivity index (χ1) is 10.9. The zero-order valence-corrected chi connectivity index (χ0v) is 15.7. The van der Waals surface area contributed by atoms with E-state index in [2.05, 4.69) is 34.2 Å². The van der Waals surface area contributed by atoms with E-state index in [-0.39, 0.29) is 4.21 Å². The van der Waals surface area contributed by atoms with E-state index in [0.29, 0.717) is 16.8 Å². The van der Waals surface area contributed by atoms with Gasteiger partial charge in [-0.2, -0.15) is 0 Å². The van der Waals surface area contributed by atoms with E-state index >= 15 is 0 Å². The van der Waals surface area contributed by atoms with Crippen molar-refractivity contribution in [1.29, 1.82) is 0 Å². The average molecular weight is 417 g/mol. The number of rotatable bonds is 6. The molecule has 8 heteroatoms. The lowest BCUT2D eigenvalue weighted by molar-refractivity contribution is 0.246. The van der Waals surface area contributed by atoms with Crippen LogP contribution in [0.15, 0.2) is 44.4 Å². The number of carbonyl (C=O) groups is 1. The van der Waals surface area contributed by atoms with Crippen molar-refractivity contribution < 1.29 is 13.2 Å². The molecule has 0 aliphatic heterocycles. The van der Waals surface area contributed by atoms with Gasteiger partial charge in [0.1, 0.15) is 4.21 Å². The monoisotopic (exact) mass is 416 g/mol. The molecule has 2 amide bonds. The molecule has 0 atom stereocenters. The average Bonchev–Trinajstić information content (AvgIpc) is 2.95. The van der Waals surface area contributed by atoms with E-state index in [1.165, 1.54) is 11.6 Å². The van der Waals surface area contributed by atoms with Gasteiger partial charge in [0.25, 0.3) is 10.0 Å². The van der Waals surface area contributed by atoms with E-state index in [1.54, 1.807) is 6.07 Å². The highest BCUT2D eigenvalue weighted by Gasteiger charge is 2.19. The highest BCUT2D eigenvalue weighted by Crippen LogP contribution is 2.25. The SMILES string of the molecule is CCc1ccccc1CCNC(=O)NS(=O)(=O)c1ccc(Br)s1. The molecule has 0 fully saturated rings. The van der Waals surface area contributed by atoms with Gasteiger partial charge in [-0.25, -0.2) is 17.9 Å². The van der Waals surface area contributed by atoms with Crippen molar-refractivity contribution in [3.8, 4) is 0 Å². The fourth-order valence-corrected chi connectivity index (χ4v) is 5.05. The molecule has 124 valence electrons. The Morgan fingerprint density at radius 1 is 1.17 bits per heavy atom. The van der Waals surface area contributed by atoms with Crippen LogP contribution in [-0.4, -0.2) is 21.0 Å². The smallest absolute Gasteiger partial charge is 0.328 e. The van der Waals surface area contributed by atoms with Crippen molar-refractivity contribution >= 4 is 43.3 Å². The second-order valence-corrected chi connectivity index (χ2v) is 9.16. The van der Waals surface area contributed by atoms with Gasteiger partial charge in [0.2, 0.25) is 0 Å². The fraction of sp³-hybridized carbons (Fsp3) is 0.267. The lowest BCUT2D eigenvalue weighted by Crippen LogP contribution is -2.40. The molecular formula is C15H17BrN2O3S2. The molecule has 5 nitrogen and oxygen atoms in total. The van der Waals surface area contributed by atoms with Crippen LogP contribution in [0.4, 0.5) is 4.79 Å². The van der Waals surface area contributed by atoms with Gasteiger partial charge >= 0.3 is 6.03 Å². The van der Waals surface area contributed by atoms with E-state index in [9.17, 15) is 13.2 Å². The third-order valence-corrected chi connectivity index (χ3v) is 6.67. The maximum atomic E-state index is 12.0. The van der Waals surface area contributed by atoms with Crippen LogP contribution in [-0.2, 0) is 22.9 Å². The van der Waals surface area contributed by atoms with Crippen LogP contribution < -0.4 is 10.0 Å². The summed E-state index contributed by atoms with van der Waals surface area (Å²) < 4.78 is 26.8. The summed E-state index contributed by atoms with van der Waals surface area (Å²) in [5, 5.41) is 2.58. The Labute approximate surface area is 148 Å². The lowest BCUT2D eigenvalue weighted by atomic mass is 10.0. The number of urea groups is 1. The summed E-state index contributed by atoms with van der Waals surface area (Å²) in [6.45, 7) is 2.44. The third-order valence-electron chi connectivity index (χ3n) is 3.22. The van der Waals surface area contributed by atoms with Crippen molar-refractivity contribution in [2.45, 2.75) is 24.0 Å². The Kier molecular flexibility index (Phi) is 6.20. The number of benzene rings is 1. The van der Waals surface area contributed by atoms with Crippen LogP contribution in [0.2, 0.25) is 0 Å². The molecule has 1 aromatic heterocycles. The molecular weight excluding hydrogens is 400 g/mol. The third kappa shape index (κ3) is 5.05. The van der Waals surface area contributed by atoms with Gasteiger partial charge in [-0.3, -0.25) is 0 Å². The quantitative estimate of drug-likeness (QED) is 0.758. The highest BCUT2D eigenvalue weighted by molar-refractivity contribution is 9.11. The maximum Gasteiger partial charge on any atom is 0.328 e. The summed E-state index contributed by atoms with van der Waals surface area (Å²) in [4.78, 5) is 11.8. The molecule has 0 bridgehead atoms. The van der Waals surface area contributed by atoms with Crippen LogP contribution in [0, 0.1) is 0 Å². The number of amides is 2. The Bertz CT molecular complexity index is 788. The Balaban J connectivity index is 1.88. The zero-order valence-electron chi connectivity index (χ0n) is 12.5. The molecule has 1 aromatic carbocycles. The number of sulfonamides is 1. The normalized spacial score (nSPS) is 11.2. The Hall–Kier alpha value is -1.38. The standard InChI is InChI=1S/C15H17BrN2O3S2/c1-2-11-5-3-4-6-12(11)9-10-17-15(19)18-23(20,21)14-8-7-13(16)22-14/h3-8H,2,9-10H2,1H3,(H2,17,18,19). The molecule has 0 aliphatic carbocycles. The van der Waals surface area contributed by atoms with E-state index in [0.717, 1.165) is 23.3 Å². The first-order valence-electron chi connectivity index (χ1n) is 7.05. The lowest BCUT2D eigenvalue weighted by Gasteiger charge is -2.09. The van der Waals surface area contributed by atoms with Crippen molar-refractivity contribution in [2.24, 2.45) is 0 Å². The first-order valence-corrected chi connectivity index (χ1v) is 10.1. The maximum absolute atomic E-state index is 12.0. The van der Waals surface area contributed by atoms with E-state index in [1.807, 2.05) is 22.9 Å². The van der Waals surface area contributed by atoms with Crippen molar-refractivity contribution in [1.82, 2.24) is 10.0 Å². The number of nitrogens with one attached hydrogen (secondary N) is 2. The molecule has 0 radical (unpaired) electrons. The van der Waals surface area contributed by atoms with E-state index in [4.69, 9.17) is 0 Å². The van der Waals surface area contributed by atoms with Gasteiger partial charge in [-0.15, -0.1) is 11.3 Å². The van der Waals surface area contributed by atoms with Gasteiger partial charge in [0.05, 0.1) is 3.79 Å². The number of halogens is 1. The number of carbonyl (C=O) groups excluding carboxylic acids is 1. The van der Waals surface area contributed by atoms with Crippen molar-refractivity contribution in [3.05, 3.63) is 51.3 Å². The molecule has 2 aromatic rings. The molecule has 0 saturated heterocycles. The second-order valence-electron chi connectivity index (χ2n) is 4.79. The van der Waals surface area contributed by atoms with Crippen LogP contribution in [0.3, 0.4) is 0 Å².